The van der Waals surface area contributed by atoms with Crippen LogP contribution >= 0.6 is 0 Å². The minimum absolute atomic E-state index is 0.602. The SMILES string of the molecule is c1ccc(-c2ccc(-c3nc4c(-c5cccc(-c6cccnc6)c5)cc(-c5cc6ccccc6c6ccccc56)cc4o3)cc2)cc1. The lowest BCUT2D eigenvalue weighted by Crippen LogP contribution is -1.88. The molecule has 3 heteroatoms. The molecule has 0 aliphatic carbocycles. The van der Waals surface area contributed by atoms with Crippen LogP contribution in [0.25, 0.3) is 88.6 Å². The lowest BCUT2D eigenvalue weighted by Gasteiger charge is -2.13. The van der Waals surface area contributed by atoms with E-state index in [1.54, 1.807) is 6.20 Å². The van der Waals surface area contributed by atoms with Gasteiger partial charge in [-0.25, -0.2) is 4.98 Å². The lowest BCUT2D eigenvalue weighted by molar-refractivity contribution is 0.620. The molecule has 0 radical (unpaired) electrons. The second kappa shape index (κ2) is 11.2. The van der Waals surface area contributed by atoms with Gasteiger partial charge in [0.1, 0.15) is 5.52 Å². The fourth-order valence-corrected chi connectivity index (χ4v) is 6.66. The van der Waals surface area contributed by atoms with Gasteiger partial charge >= 0.3 is 0 Å². The highest BCUT2D eigenvalue weighted by Gasteiger charge is 2.18. The Hall–Kier alpha value is -6.32. The Morgan fingerprint density at radius 2 is 1.09 bits per heavy atom. The van der Waals surface area contributed by atoms with Crippen molar-refractivity contribution in [3.05, 3.63) is 170 Å². The van der Waals surface area contributed by atoms with Crippen molar-refractivity contribution in [2.24, 2.45) is 0 Å². The largest absolute Gasteiger partial charge is 0.436 e. The van der Waals surface area contributed by atoms with Crippen LogP contribution in [0.5, 0.6) is 0 Å². The highest BCUT2D eigenvalue weighted by molar-refractivity contribution is 6.14. The molecule has 220 valence electrons. The third-order valence-corrected chi connectivity index (χ3v) is 8.98. The van der Waals surface area contributed by atoms with Crippen LogP contribution in [-0.4, -0.2) is 9.97 Å². The molecule has 2 heterocycles. The number of hydrogen-bond donors (Lipinski definition) is 0. The first-order chi connectivity index (χ1) is 23.3. The molecule has 0 aliphatic heterocycles. The van der Waals surface area contributed by atoms with E-state index in [4.69, 9.17) is 9.40 Å². The molecule has 9 aromatic rings. The van der Waals surface area contributed by atoms with E-state index < -0.39 is 0 Å². The van der Waals surface area contributed by atoms with Gasteiger partial charge in [-0.15, -0.1) is 0 Å². The minimum atomic E-state index is 0.602. The molecule has 0 atom stereocenters. The Morgan fingerprint density at radius 3 is 1.91 bits per heavy atom. The highest BCUT2D eigenvalue weighted by Crippen LogP contribution is 2.41. The Bertz CT molecular complexity index is 2550. The van der Waals surface area contributed by atoms with Crippen LogP contribution in [0.3, 0.4) is 0 Å². The smallest absolute Gasteiger partial charge is 0.227 e. The maximum Gasteiger partial charge on any atom is 0.227 e. The summed E-state index contributed by atoms with van der Waals surface area (Å²) in [6.07, 6.45) is 3.71. The summed E-state index contributed by atoms with van der Waals surface area (Å²) in [7, 11) is 0. The van der Waals surface area contributed by atoms with Gasteiger partial charge in [-0.1, -0.05) is 115 Å². The fraction of sp³-hybridized carbons (Fsp3) is 0. The summed E-state index contributed by atoms with van der Waals surface area (Å²) in [6, 6.07) is 55.5. The van der Waals surface area contributed by atoms with Crippen LogP contribution in [0.1, 0.15) is 0 Å². The minimum Gasteiger partial charge on any atom is -0.436 e. The van der Waals surface area contributed by atoms with Gasteiger partial charge < -0.3 is 4.42 Å². The molecule has 3 nitrogen and oxygen atoms in total. The van der Waals surface area contributed by atoms with Gasteiger partial charge in [0, 0.05) is 29.1 Å². The van der Waals surface area contributed by atoms with Gasteiger partial charge in [-0.05, 0) is 97.4 Å². The number of hydrogen-bond acceptors (Lipinski definition) is 3. The van der Waals surface area contributed by atoms with Crippen molar-refractivity contribution in [2.75, 3.05) is 0 Å². The molecule has 0 bridgehead atoms. The van der Waals surface area contributed by atoms with E-state index in [0.717, 1.165) is 55.6 Å². The van der Waals surface area contributed by atoms with E-state index in [1.807, 2.05) is 18.3 Å². The molecule has 7 aromatic carbocycles. The zero-order valence-electron chi connectivity index (χ0n) is 25.5. The predicted molar refractivity (Wildman–Crippen MR) is 194 cm³/mol. The highest BCUT2D eigenvalue weighted by atomic mass is 16.3. The molecule has 0 spiro atoms. The summed E-state index contributed by atoms with van der Waals surface area (Å²) in [6.45, 7) is 0. The van der Waals surface area contributed by atoms with Crippen LogP contribution in [0.4, 0.5) is 0 Å². The standard InChI is InChI=1S/C44H28N2O/c1-2-10-29(11-3-1)30-19-21-31(22-20-30)44-46-43-41(33-14-8-13-32(24-33)35-15-9-23-45-28-35)26-36(27-42(43)47-44)40-25-34-12-4-5-16-37(34)38-17-6-7-18-39(38)40/h1-28H. The van der Waals surface area contributed by atoms with E-state index in [2.05, 4.69) is 151 Å². The molecule has 47 heavy (non-hydrogen) atoms. The van der Waals surface area contributed by atoms with Gasteiger partial charge in [0.05, 0.1) is 0 Å². The first kappa shape index (κ1) is 27.0. The average molecular weight is 601 g/mol. The molecular weight excluding hydrogens is 572 g/mol. The molecule has 9 rings (SSSR count). The Labute approximate surface area is 272 Å². The number of oxazole rings is 1. The topological polar surface area (TPSA) is 38.9 Å². The van der Waals surface area contributed by atoms with Crippen LogP contribution in [-0.2, 0) is 0 Å². The monoisotopic (exact) mass is 600 g/mol. The van der Waals surface area contributed by atoms with Gasteiger partial charge in [0.2, 0.25) is 5.89 Å². The molecule has 0 saturated heterocycles. The number of benzene rings is 7. The zero-order chi connectivity index (χ0) is 31.2. The lowest BCUT2D eigenvalue weighted by atomic mass is 9.91. The molecular formula is C44H28N2O. The van der Waals surface area contributed by atoms with Crippen molar-refractivity contribution in [3.63, 3.8) is 0 Å². The van der Waals surface area contributed by atoms with E-state index in [1.165, 1.54) is 27.1 Å². The Morgan fingerprint density at radius 1 is 0.404 bits per heavy atom. The molecule has 2 aromatic heterocycles. The quantitative estimate of drug-likeness (QED) is 0.185. The van der Waals surface area contributed by atoms with Gasteiger partial charge in [0.25, 0.3) is 0 Å². The van der Waals surface area contributed by atoms with Crippen molar-refractivity contribution in [1.82, 2.24) is 9.97 Å². The van der Waals surface area contributed by atoms with E-state index in [0.29, 0.717) is 5.89 Å². The van der Waals surface area contributed by atoms with Crippen LogP contribution in [0.15, 0.2) is 175 Å². The second-order valence-electron chi connectivity index (χ2n) is 11.8. The van der Waals surface area contributed by atoms with Crippen molar-refractivity contribution < 1.29 is 4.42 Å². The third kappa shape index (κ3) is 4.86. The number of fused-ring (bicyclic) bond motifs is 4. The van der Waals surface area contributed by atoms with E-state index >= 15 is 0 Å². The number of rotatable bonds is 5. The summed E-state index contributed by atoms with van der Waals surface area (Å²) in [5.41, 5.74) is 11.4. The zero-order valence-corrected chi connectivity index (χ0v) is 25.5. The Balaban J connectivity index is 1.26. The van der Waals surface area contributed by atoms with Crippen molar-refractivity contribution in [3.8, 4) is 56.0 Å². The molecule has 0 saturated carbocycles. The van der Waals surface area contributed by atoms with Gasteiger partial charge in [-0.2, -0.15) is 0 Å². The fourth-order valence-electron chi connectivity index (χ4n) is 6.66. The van der Waals surface area contributed by atoms with Gasteiger partial charge in [0.15, 0.2) is 5.58 Å². The van der Waals surface area contributed by atoms with Crippen LogP contribution in [0.2, 0.25) is 0 Å². The summed E-state index contributed by atoms with van der Waals surface area (Å²) >= 11 is 0. The maximum absolute atomic E-state index is 6.62. The number of pyridine rings is 1. The van der Waals surface area contributed by atoms with Crippen LogP contribution < -0.4 is 0 Å². The first-order valence-corrected chi connectivity index (χ1v) is 15.8. The molecule has 0 amide bonds. The molecule has 0 unspecified atom stereocenters. The van der Waals surface area contributed by atoms with Gasteiger partial charge in [-0.3, -0.25) is 4.98 Å². The molecule has 0 fully saturated rings. The average Bonchev–Trinajstić information content (AvgIpc) is 3.59. The van der Waals surface area contributed by atoms with Crippen molar-refractivity contribution in [2.45, 2.75) is 0 Å². The van der Waals surface area contributed by atoms with Crippen LogP contribution in [0, 0.1) is 0 Å². The van der Waals surface area contributed by atoms with Crippen molar-refractivity contribution in [1.29, 1.82) is 0 Å². The second-order valence-corrected chi connectivity index (χ2v) is 11.8. The summed E-state index contributed by atoms with van der Waals surface area (Å²) < 4.78 is 6.62. The van der Waals surface area contributed by atoms with E-state index in [9.17, 15) is 0 Å². The molecule has 0 aliphatic rings. The predicted octanol–water partition coefficient (Wildman–Crippen LogP) is 11.9. The first-order valence-electron chi connectivity index (χ1n) is 15.8. The Kier molecular flexibility index (Phi) is 6.46. The maximum atomic E-state index is 6.62. The van der Waals surface area contributed by atoms with E-state index in [-0.39, 0.29) is 0 Å². The molecule has 0 N–H and O–H groups in total. The number of aromatic nitrogens is 2. The summed E-state index contributed by atoms with van der Waals surface area (Å²) in [5.74, 6) is 0.602. The summed E-state index contributed by atoms with van der Waals surface area (Å²) in [5, 5.41) is 4.89. The third-order valence-electron chi connectivity index (χ3n) is 8.98. The number of nitrogens with zero attached hydrogens (tertiary/aromatic N) is 2. The normalized spacial score (nSPS) is 11.4. The summed E-state index contributed by atoms with van der Waals surface area (Å²) in [4.78, 5) is 9.49. The van der Waals surface area contributed by atoms with Crippen molar-refractivity contribution >= 4 is 32.6 Å².